The first-order valence-corrected chi connectivity index (χ1v) is 9.59. The molecule has 0 heterocycles. The quantitative estimate of drug-likeness (QED) is 0.431. The average Bonchev–Trinajstić information content (AvgIpc) is 2.63. The van der Waals surface area contributed by atoms with Crippen molar-refractivity contribution in [3.63, 3.8) is 0 Å². The van der Waals surface area contributed by atoms with Gasteiger partial charge in [-0.05, 0) is 61.6 Å². The molecule has 4 nitrogen and oxygen atoms in total. The zero-order chi connectivity index (χ0) is 19.1. The molecule has 0 bridgehead atoms. The minimum Gasteiger partial charge on any atom is -0.449 e. The highest BCUT2D eigenvalue weighted by molar-refractivity contribution is 7.98. The first-order chi connectivity index (χ1) is 12.4. The highest BCUT2D eigenvalue weighted by Crippen LogP contribution is 2.20. The molecule has 0 aliphatic rings. The Balaban J connectivity index is 1.91. The van der Waals surface area contributed by atoms with E-state index in [1.165, 1.54) is 13.0 Å². The van der Waals surface area contributed by atoms with Crippen molar-refractivity contribution < 1.29 is 14.3 Å². The minimum atomic E-state index is -0.926. The van der Waals surface area contributed by atoms with Crippen molar-refractivity contribution in [2.45, 2.75) is 24.8 Å². The van der Waals surface area contributed by atoms with Gasteiger partial charge in [0.15, 0.2) is 6.10 Å². The number of benzene rings is 2. The van der Waals surface area contributed by atoms with E-state index < -0.39 is 18.0 Å². The van der Waals surface area contributed by atoms with Crippen LogP contribution in [0.25, 0.3) is 6.08 Å². The number of halogens is 1. The number of hydrogen-bond donors (Lipinski definition) is 1. The lowest BCUT2D eigenvalue weighted by Gasteiger charge is -2.14. The van der Waals surface area contributed by atoms with Crippen LogP contribution < -0.4 is 5.32 Å². The molecule has 0 unspecified atom stereocenters. The smallest absolute Gasteiger partial charge is 0.331 e. The number of amides is 1. The van der Waals surface area contributed by atoms with Crippen LogP contribution in [0.1, 0.15) is 18.1 Å². The first-order valence-electron chi connectivity index (χ1n) is 7.99. The van der Waals surface area contributed by atoms with Gasteiger partial charge < -0.3 is 10.1 Å². The fraction of sp³-hybridized carbons (Fsp3) is 0.200. The van der Waals surface area contributed by atoms with Crippen LogP contribution in [-0.4, -0.2) is 24.2 Å². The van der Waals surface area contributed by atoms with E-state index >= 15 is 0 Å². The second kappa shape index (κ2) is 9.46. The van der Waals surface area contributed by atoms with E-state index in [0.29, 0.717) is 10.7 Å². The molecule has 2 aromatic rings. The van der Waals surface area contributed by atoms with Crippen molar-refractivity contribution in [3.05, 3.63) is 64.7 Å². The van der Waals surface area contributed by atoms with Gasteiger partial charge in [0.05, 0.1) is 0 Å². The van der Waals surface area contributed by atoms with Gasteiger partial charge in [0.25, 0.3) is 5.91 Å². The maximum Gasteiger partial charge on any atom is 0.331 e. The number of hydrogen-bond acceptors (Lipinski definition) is 4. The lowest BCUT2D eigenvalue weighted by molar-refractivity contribution is -0.148. The SMILES string of the molecule is CSc1ccc(/C=C/C(=O)O[C@H](C)C(=O)Nc2cc(Cl)ccc2C)cc1. The third kappa shape index (κ3) is 5.93. The Morgan fingerprint density at radius 2 is 1.88 bits per heavy atom. The van der Waals surface area contributed by atoms with Gasteiger partial charge in [-0.2, -0.15) is 0 Å². The van der Waals surface area contributed by atoms with E-state index in [4.69, 9.17) is 16.3 Å². The number of carbonyl (C=O) groups excluding carboxylic acids is 2. The van der Waals surface area contributed by atoms with E-state index in [2.05, 4.69) is 5.32 Å². The van der Waals surface area contributed by atoms with Gasteiger partial charge in [0, 0.05) is 21.7 Å². The summed E-state index contributed by atoms with van der Waals surface area (Å²) in [6, 6.07) is 13.0. The standard InChI is InChI=1S/C20H20ClNO3S/c1-13-4-8-16(21)12-18(13)22-20(24)14(2)25-19(23)11-7-15-5-9-17(26-3)10-6-15/h4-12,14H,1-3H3,(H,22,24)/b11-7+/t14-/m1/s1. The number of anilines is 1. The molecule has 0 fully saturated rings. The van der Waals surface area contributed by atoms with Crippen LogP contribution in [0.5, 0.6) is 0 Å². The van der Waals surface area contributed by atoms with Crippen LogP contribution in [0.3, 0.4) is 0 Å². The van der Waals surface area contributed by atoms with Gasteiger partial charge in [0.2, 0.25) is 0 Å². The Morgan fingerprint density at radius 1 is 1.19 bits per heavy atom. The molecular weight excluding hydrogens is 370 g/mol. The number of nitrogens with one attached hydrogen (secondary N) is 1. The van der Waals surface area contributed by atoms with Gasteiger partial charge in [-0.1, -0.05) is 29.8 Å². The molecule has 26 heavy (non-hydrogen) atoms. The molecular formula is C20H20ClNO3S. The Morgan fingerprint density at radius 3 is 2.54 bits per heavy atom. The van der Waals surface area contributed by atoms with Gasteiger partial charge in [-0.25, -0.2) is 4.79 Å². The fourth-order valence-electron chi connectivity index (χ4n) is 2.11. The second-order valence-corrected chi connectivity index (χ2v) is 6.95. The first kappa shape index (κ1) is 20.1. The topological polar surface area (TPSA) is 55.4 Å². The Hall–Kier alpha value is -2.24. The van der Waals surface area contributed by atoms with Crippen LogP contribution in [0.15, 0.2) is 53.4 Å². The van der Waals surface area contributed by atoms with Crippen LogP contribution >= 0.6 is 23.4 Å². The van der Waals surface area contributed by atoms with Crippen LogP contribution in [0.4, 0.5) is 5.69 Å². The van der Waals surface area contributed by atoms with E-state index in [9.17, 15) is 9.59 Å². The molecule has 2 rings (SSSR count). The van der Waals surface area contributed by atoms with Crippen LogP contribution in [0.2, 0.25) is 5.02 Å². The molecule has 1 N–H and O–H groups in total. The van der Waals surface area contributed by atoms with Crippen molar-refractivity contribution in [2.75, 3.05) is 11.6 Å². The second-order valence-electron chi connectivity index (χ2n) is 5.63. The molecule has 0 saturated heterocycles. The minimum absolute atomic E-state index is 0.415. The zero-order valence-electron chi connectivity index (χ0n) is 14.8. The molecule has 1 atom stereocenters. The summed E-state index contributed by atoms with van der Waals surface area (Å²) in [5.41, 5.74) is 2.34. The van der Waals surface area contributed by atoms with Crippen molar-refractivity contribution in [1.82, 2.24) is 0 Å². The molecule has 2 aromatic carbocycles. The average molecular weight is 390 g/mol. The van der Waals surface area contributed by atoms with Crippen LogP contribution in [0, 0.1) is 6.92 Å². The largest absolute Gasteiger partial charge is 0.449 e. The molecule has 1 amide bonds. The molecule has 6 heteroatoms. The number of carbonyl (C=O) groups is 2. The van der Waals surface area contributed by atoms with Crippen LogP contribution in [-0.2, 0) is 14.3 Å². The molecule has 0 aromatic heterocycles. The van der Waals surface area contributed by atoms with Gasteiger partial charge in [-0.3, -0.25) is 4.79 Å². The summed E-state index contributed by atoms with van der Waals surface area (Å²) in [5.74, 6) is -0.995. The fourth-order valence-corrected chi connectivity index (χ4v) is 2.69. The Bertz CT molecular complexity index is 818. The summed E-state index contributed by atoms with van der Waals surface area (Å²) < 4.78 is 5.15. The summed E-state index contributed by atoms with van der Waals surface area (Å²) in [6.07, 6.45) is 4.03. The summed E-state index contributed by atoms with van der Waals surface area (Å²) in [7, 11) is 0. The Kier molecular flexibility index (Phi) is 7.30. The van der Waals surface area contributed by atoms with Crippen molar-refractivity contribution in [1.29, 1.82) is 0 Å². The van der Waals surface area contributed by atoms with E-state index in [0.717, 1.165) is 16.0 Å². The van der Waals surface area contributed by atoms with Crippen molar-refractivity contribution >= 4 is 47.0 Å². The predicted octanol–water partition coefficient (Wildman–Crippen LogP) is 4.95. The molecule has 0 radical (unpaired) electrons. The summed E-state index contributed by atoms with van der Waals surface area (Å²) >= 11 is 7.58. The van der Waals surface area contributed by atoms with Gasteiger partial charge in [-0.15, -0.1) is 11.8 Å². The van der Waals surface area contributed by atoms with Gasteiger partial charge in [0.1, 0.15) is 0 Å². The highest BCUT2D eigenvalue weighted by atomic mass is 35.5. The monoisotopic (exact) mass is 389 g/mol. The van der Waals surface area contributed by atoms with E-state index in [1.54, 1.807) is 36.0 Å². The molecule has 136 valence electrons. The molecule has 0 aliphatic heterocycles. The Labute approximate surface area is 162 Å². The van der Waals surface area contributed by atoms with Crippen molar-refractivity contribution in [2.24, 2.45) is 0 Å². The number of thioether (sulfide) groups is 1. The summed E-state index contributed by atoms with van der Waals surface area (Å²) in [4.78, 5) is 25.3. The highest BCUT2D eigenvalue weighted by Gasteiger charge is 2.17. The number of aryl methyl sites for hydroxylation is 1. The third-order valence-corrected chi connectivity index (χ3v) is 4.63. The van der Waals surface area contributed by atoms with E-state index in [-0.39, 0.29) is 0 Å². The summed E-state index contributed by atoms with van der Waals surface area (Å²) in [6.45, 7) is 3.38. The predicted molar refractivity (Wildman–Crippen MR) is 108 cm³/mol. The zero-order valence-corrected chi connectivity index (χ0v) is 16.4. The lowest BCUT2D eigenvalue weighted by Crippen LogP contribution is -2.29. The number of esters is 1. The third-order valence-electron chi connectivity index (χ3n) is 3.65. The normalized spacial score (nSPS) is 12.0. The lowest BCUT2D eigenvalue weighted by atomic mass is 10.2. The molecule has 0 aliphatic carbocycles. The van der Waals surface area contributed by atoms with Crippen molar-refractivity contribution in [3.8, 4) is 0 Å². The van der Waals surface area contributed by atoms with E-state index in [1.807, 2.05) is 37.4 Å². The summed E-state index contributed by atoms with van der Waals surface area (Å²) in [5, 5.41) is 3.24. The number of rotatable bonds is 6. The molecule has 0 saturated carbocycles. The molecule has 0 spiro atoms. The maximum absolute atomic E-state index is 12.2. The maximum atomic E-state index is 12.2. The number of ether oxygens (including phenoxy) is 1. The van der Waals surface area contributed by atoms with Gasteiger partial charge >= 0.3 is 5.97 Å².